The Labute approximate surface area is 140 Å². The topological polar surface area (TPSA) is 43.8 Å². The summed E-state index contributed by atoms with van der Waals surface area (Å²) in [6, 6.07) is 4.13. The molecule has 0 unspecified atom stereocenters. The van der Waals surface area contributed by atoms with Gasteiger partial charge in [-0.25, -0.2) is 9.98 Å². The van der Waals surface area contributed by atoms with Gasteiger partial charge in [0.15, 0.2) is 5.96 Å². The lowest BCUT2D eigenvalue weighted by molar-refractivity contribution is -0.0667. The molecule has 1 fully saturated rings. The maximum atomic E-state index is 4.85. The third-order valence-electron chi connectivity index (χ3n) is 5.15. The Balaban J connectivity index is 2.16. The number of hydrogen-bond donors (Lipinski definition) is 1. The fourth-order valence-corrected chi connectivity index (χ4v) is 2.76. The third-order valence-corrected chi connectivity index (χ3v) is 5.15. The molecule has 0 atom stereocenters. The molecule has 5 nitrogen and oxygen atoms in total. The molecule has 2 rings (SSSR count). The lowest BCUT2D eigenvalue weighted by atomic mass is 9.65. The quantitative estimate of drug-likeness (QED) is 0.685. The van der Waals surface area contributed by atoms with E-state index in [4.69, 9.17) is 4.99 Å². The molecule has 0 radical (unpaired) electrons. The van der Waals surface area contributed by atoms with Gasteiger partial charge in [-0.3, -0.25) is 0 Å². The summed E-state index contributed by atoms with van der Waals surface area (Å²) in [5, 5.41) is 3.44. The van der Waals surface area contributed by atoms with Crippen molar-refractivity contribution in [3.8, 4) is 0 Å². The normalized spacial score (nSPS) is 19.3. The SMILES string of the molecule is CCNC(=NCc1ccnc(N(C)C)c1)N1CC(C)(C)C1(C)C. The summed E-state index contributed by atoms with van der Waals surface area (Å²) in [7, 11) is 4.01. The van der Waals surface area contributed by atoms with Gasteiger partial charge in [0, 0.05) is 44.3 Å². The van der Waals surface area contributed by atoms with Gasteiger partial charge in [0.05, 0.1) is 6.54 Å². The fraction of sp³-hybridized carbons (Fsp3) is 0.667. The monoisotopic (exact) mass is 317 g/mol. The van der Waals surface area contributed by atoms with Crippen LogP contribution in [-0.2, 0) is 6.54 Å². The molecule has 128 valence electrons. The van der Waals surface area contributed by atoms with Gasteiger partial charge in [0.25, 0.3) is 0 Å². The molecule has 1 N–H and O–H groups in total. The highest BCUT2D eigenvalue weighted by atomic mass is 15.4. The molecule has 0 saturated carbocycles. The van der Waals surface area contributed by atoms with Gasteiger partial charge in [0.1, 0.15) is 5.82 Å². The highest BCUT2D eigenvalue weighted by Crippen LogP contribution is 2.46. The Hall–Kier alpha value is -1.78. The van der Waals surface area contributed by atoms with E-state index in [0.717, 1.165) is 24.9 Å². The number of nitrogens with one attached hydrogen (secondary N) is 1. The minimum absolute atomic E-state index is 0.112. The van der Waals surface area contributed by atoms with Gasteiger partial charge in [-0.15, -0.1) is 0 Å². The molecule has 0 aliphatic carbocycles. The van der Waals surface area contributed by atoms with Crippen LogP contribution in [-0.4, -0.2) is 48.6 Å². The summed E-state index contributed by atoms with van der Waals surface area (Å²) >= 11 is 0. The summed E-state index contributed by atoms with van der Waals surface area (Å²) in [6.45, 7) is 13.9. The van der Waals surface area contributed by atoms with Crippen molar-refractivity contribution in [2.24, 2.45) is 10.4 Å². The zero-order valence-electron chi connectivity index (χ0n) is 15.6. The van der Waals surface area contributed by atoms with E-state index >= 15 is 0 Å². The smallest absolute Gasteiger partial charge is 0.194 e. The predicted octanol–water partition coefficient (Wildman–Crippen LogP) is 2.73. The Morgan fingerprint density at radius 2 is 2.04 bits per heavy atom. The molecule has 1 aliphatic heterocycles. The molecule has 1 aromatic heterocycles. The summed E-state index contributed by atoms with van der Waals surface area (Å²) in [4.78, 5) is 13.6. The summed E-state index contributed by atoms with van der Waals surface area (Å²) < 4.78 is 0. The highest BCUT2D eigenvalue weighted by Gasteiger charge is 2.53. The number of pyridine rings is 1. The van der Waals surface area contributed by atoms with Crippen LogP contribution < -0.4 is 10.2 Å². The number of likely N-dealkylation sites (tertiary alicyclic amines) is 1. The van der Waals surface area contributed by atoms with Gasteiger partial charge in [-0.1, -0.05) is 13.8 Å². The van der Waals surface area contributed by atoms with Crippen molar-refractivity contribution < 1.29 is 0 Å². The van der Waals surface area contributed by atoms with Gasteiger partial charge >= 0.3 is 0 Å². The Bertz CT molecular complexity index is 575. The van der Waals surface area contributed by atoms with Crippen molar-refractivity contribution in [1.29, 1.82) is 0 Å². The summed E-state index contributed by atoms with van der Waals surface area (Å²) in [6.07, 6.45) is 1.85. The first-order valence-corrected chi connectivity index (χ1v) is 8.37. The van der Waals surface area contributed by atoms with E-state index in [1.54, 1.807) is 0 Å². The molecule has 5 heteroatoms. The van der Waals surface area contributed by atoms with Crippen molar-refractivity contribution in [1.82, 2.24) is 15.2 Å². The van der Waals surface area contributed by atoms with E-state index in [1.165, 1.54) is 5.56 Å². The molecule has 2 heterocycles. The molecule has 0 aromatic carbocycles. The molecule has 0 spiro atoms. The Morgan fingerprint density at radius 3 is 2.57 bits per heavy atom. The number of nitrogens with zero attached hydrogens (tertiary/aromatic N) is 4. The van der Waals surface area contributed by atoms with Crippen LogP contribution in [0.3, 0.4) is 0 Å². The van der Waals surface area contributed by atoms with Crippen LogP contribution in [0, 0.1) is 5.41 Å². The van der Waals surface area contributed by atoms with Crippen LogP contribution in [0.25, 0.3) is 0 Å². The van der Waals surface area contributed by atoms with Gasteiger partial charge in [-0.2, -0.15) is 0 Å². The second-order valence-electron chi connectivity index (χ2n) is 7.62. The van der Waals surface area contributed by atoms with E-state index < -0.39 is 0 Å². The molecular formula is C18H31N5. The second kappa shape index (κ2) is 6.38. The Morgan fingerprint density at radius 1 is 1.35 bits per heavy atom. The van der Waals surface area contributed by atoms with Crippen molar-refractivity contribution in [2.45, 2.75) is 46.7 Å². The lowest BCUT2D eigenvalue weighted by Gasteiger charge is -2.62. The van der Waals surface area contributed by atoms with Crippen LogP contribution >= 0.6 is 0 Å². The Kier molecular flexibility index (Phi) is 4.87. The van der Waals surface area contributed by atoms with E-state index in [-0.39, 0.29) is 5.54 Å². The van der Waals surface area contributed by atoms with Gasteiger partial charge in [0.2, 0.25) is 0 Å². The summed E-state index contributed by atoms with van der Waals surface area (Å²) in [5.74, 6) is 1.97. The van der Waals surface area contributed by atoms with Crippen molar-refractivity contribution >= 4 is 11.8 Å². The average Bonchev–Trinajstić information content (AvgIpc) is 2.49. The standard InChI is InChI=1S/C18H31N5/c1-8-19-16(23-13-17(2,3)18(23,4)5)21-12-14-9-10-20-15(11-14)22(6)7/h9-11H,8,12-13H2,1-7H3,(H,19,21). The maximum Gasteiger partial charge on any atom is 0.194 e. The fourth-order valence-electron chi connectivity index (χ4n) is 2.76. The molecule has 23 heavy (non-hydrogen) atoms. The molecule has 0 amide bonds. The highest BCUT2D eigenvalue weighted by molar-refractivity contribution is 5.82. The molecule has 1 aliphatic rings. The second-order valence-corrected chi connectivity index (χ2v) is 7.62. The number of hydrogen-bond acceptors (Lipinski definition) is 3. The van der Waals surface area contributed by atoms with E-state index in [1.807, 2.05) is 31.3 Å². The number of anilines is 1. The van der Waals surface area contributed by atoms with Crippen LogP contribution in [0.5, 0.6) is 0 Å². The zero-order valence-corrected chi connectivity index (χ0v) is 15.6. The van der Waals surface area contributed by atoms with Crippen LogP contribution in [0.2, 0.25) is 0 Å². The molecule has 1 saturated heterocycles. The average molecular weight is 317 g/mol. The van der Waals surface area contributed by atoms with E-state index in [2.05, 4.69) is 55.9 Å². The first-order valence-electron chi connectivity index (χ1n) is 8.37. The predicted molar refractivity (Wildman–Crippen MR) is 97.9 cm³/mol. The zero-order chi connectivity index (χ0) is 17.3. The molecule has 1 aromatic rings. The van der Waals surface area contributed by atoms with Gasteiger partial charge < -0.3 is 15.1 Å². The maximum absolute atomic E-state index is 4.85. The van der Waals surface area contributed by atoms with Crippen LogP contribution in [0.4, 0.5) is 5.82 Å². The van der Waals surface area contributed by atoms with Crippen molar-refractivity contribution in [3.63, 3.8) is 0 Å². The van der Waals surface area contributed by atoms with Crippen molar-refractivity contribution in [2.75, 3.05) is 32.1 Å². The largest absolute Gasteiger partial charge is 0.363 e. The number of rotatable bonds is 4. The van der Waals surface area contributed by atoms with E-state index in [9.17, 15) is 0 Å². The van der Waals surface area contributed by atoms with E-state index in [0.29, 0.717) is 12.0 Å². The minimum Gasteiger partial charge on any atom is -0.363 e. The summed E-state index contributed by atoms with van der Waals surface area (Å²) in [5.41, 5.74) is 1.59. The van der Waals surface area contributed by atoms with Crippen LogP contribution in [0.1, 0.15) is 40.2 Å². The number of guanidine groups is 1. The number of aliphatic imine (C=N–C) groups is 1. The lowest BCUT2D eigenvalue weighted by Crippen LogP contribution is -2.72. The molecule has 0 bridgehead atoms. The number of aromatic nitrogens is 1. The third kappa shape index (κ3) is 3.43. The van der Waals surface area contributed by atoms with Crippen LogP contribution in [0.15, 0.2) is 23.3 Å². The van der Waals surface area contributed by atoms with Crippen molar-refractivity contribution in [3.05, 3.63) is 23.9 Å². The minimum atomic E-state index is 0.112. The van der Waals surface area contributed by atoms with Gasteiger partial charge in [-0.05, 0) is 38.5 Å². The first-order chi connectivity index (χ1) is 10.7. The molecular weight excluding hydrogens is 286 g/mol. The first kappa shape index (κ1) is 17.6.